The Morgan fingerprint density at radius 3 is 2.55 bits per heavy atom. The molecule has 0 heterocycles. The molecule has 2 rings (SSSR count). The van der Waals surface area contributed by atoms with E-state index in [1.54, 1.807) is 24.3 Å². The highest BCUT2D eigenvalue weighted by molar-refractivity contribution is 14.1. The number of nitrogens with one attached hydrogen (secondary N) is 1. The van der Waals surface area contributed by atoms with Crippen LogP contribution < -0.4 is 10.5 Å². The Morgan fingerprint density at radius 1 is 1.25 bits per heavy atom. The summed E-state index contributed by atoms with van der Waals surface area (Å²) in [6.45, 7) is 1.40. The van der Waals surface area contributed by atoms with E-state index in [9.17, 15) is 12.8 Å². The van der Waals surface area contributed by atoms with E-state index in [0.717, 1.165) is 9.64 Å². The average molecular weight is 406 g/mol. The number of nitrogens with two attached hydrogens (primary N) is 1. The Balaban J connectivity index is 2.49. The smallest absolute Gasteiger partial charge is 0.262 e. The molecular weight excluding hydrogens is 394 g/mol. The molecule has 3 N–H and O–H groups in total. The first-order valence-corrected chi connectivity index (χ1v) is 8.20. The minimum Gasteiger partial charge on any atom is -0.399 e. The predicted molar refractivity (Wildman–Crippen MR) is 85.5 cm³/mol. The molecule has 0 fully saturated rings. The maximum atomic E-state index is 13.6. The second kappa shape index (κ2) is 5.57. The Hall–Kier alpha value is -1.35. The van der Waals surface area contributed by atoms with Gasteiger partial charge in [0, 0.05) is 14.8 Å². The topological polar surface area (TPSA) is 72.2 Å². The van der Waals surface area contributed by atoms with Crippen molar-refractivity contribution in [2.45, 2.75) is 11.8 Å². The van der Waals surface area contributed by atoms with Crippen LogP contribution in [-0.2, 0) is 10.0 Å². The highest BCUT2D eigenvalue weighted by atomic mass is 127. The van der Waals surface area contributed by atoms with Crippen molar-refractivity contribution in [3.63, 3.8) is 0 Å². The number of rotatable bonds is 3. The maximum absolute atomic E-state index is 13.6. The van der Waals surface area contributed by atoms with Crippen LogP contribution in [-0.4, -0.2) is 8.42 Å². The predicted octanol–water partition coefficient (Wildman–Crippen LogP) is 3.12. The van der Waals surface area contributed by atoms with Gasteiger partial charge in [-0.05, 0) is 53.8 Å². The summed E-state index contributed by atoms with van der Waals surface area (Å²) in [7, 11) is -3.89. The molecule has 20 heavy (non-hydrogen) atoms. The number of sulfonamides is 1. The molecule has 106 valence electrons. The van der Waals surface area contributed by atoms with Crippen LogP contribution in [0.3, 0.4) is 0 Å². The van der Waals surface area contributed by atoms with E-state index in [-0.39, 0.29) is 16.1 Å². The molecule has 7 heteroatoms. The number of halogens is 2. The lowest BCUT2D eigenvalue weighted by Crippen LogP contribution is -2.16. The van der Waals surface area contributed by atoms with Gasteiger partial charge in [0.1, 0.15) is 5.82 Å². The second-order valence-corrected chi connectivity index (χ2v) is 7.02. The van der Waals surface area contributed by atoms with Crippen LogP contribution in [0.1, 0.15) is 5.56 Å². The van der Waals surface area contributed by atoms with Crippen molar-refractivity contribution in [3.8, 4) is 0 Å². The van der Waals surface area contributed by atoms with Gasteiger partial charge < -0.3 is 5.73 Å². The fourth-order valence-electron chi connectivity index (χ4n) is 1.70. The zero-order valence-electron chi connectivity index (χ0n) is 10.5. The van der Waals surface area contributed by atoms with E-state index in [1.165, 1.54) is 13.0 Å². The summed E-state index contributed by atoms with van der Waals surface area (Å²) >= 11 is 2.02. The molecule has 0 atom stereocenters. The van der Waals surface area contributed by atoms with E-state index in [2.05, 4.69) is 4.72 Å². The van der Waals surface area contributed by atoms with E-state index in [1.807, 2.05) is 22.6 Å². The van der Waals surface area contributed by atoms with Crippen molar-refractivity contribution in [2.24, 2.45) is 0 Å². The van der Waals surface area contributed by atoms with Gasteiger partial charge in [-0.25, -0.2) is 12.8 Å². The van der Waals surface area contributed by atoms with Crippen molar-refractivity contribution in [3.05, 3.63) is 51.3 Å². The van der Waals surface area contributed by atoms with E-state index in [4.69, 9.17) is 5.73 Å². The van der Waals surface area contributed by atoms with E-state index in [0.29, 0.717) is 5.69 Å². The molecule has 4 nitrogen and oxygen atoms in total. The van der Waals surface area contributed by atoms with Crippen molar-refractivity contribution in [1.82, 2.24) is 0 Å². The molecule has 0 aliphatic heterocycles. The Morgan fingerprint density at radius 2 is 1.90 bits per heavy atom. The summed E-state index contributed by atoms with van der Waals surface area (Å²) < 4.78 is 41.5. The molecule has 0 amide bonds. The van der Waals surface area contributed by atoms with Gasteiger partial charge in [0.25, 0.3) is 10.0 Å². The Bertz CT molecular complexity index is 763. The number of hydrogen-bond acceptors (Lipinski definition) is 3. The zero-order chi connectivity index (χ0) is 14.9. The SMILES string of the molecule is Cc1c(F)cc(N)cc1S(=O)(=O)Nc1ccccc1I. The largest absolute Gasteiger partial charge is 0.399 e. The molecule has 0 spiro atoms. The summed E-state index contributed by atoms with van der Waals surface area (Å²) in [6.07, 6.45) is 0. The third-order valence-corrected chi connectivity index (χ3v) is 5.16. The lowest BCUT2D eigenvalue weighted by Gasteiger charge is -2.12. The van der Waals surface area contributed by atoms with Crippen molar-refractivity contribution < 1.29 is 12.8 Å². The molecule has 0 aliphatic rings. The van der Waals surface area contributed by atoms with E-state index >= 15 is 0 Å². The van der Waals surface area contributed by atoms with Gasteiger partial charge in [-0.2, -0.15) is 0 Å². The fourth-order valence-corrected chi connectivity index (χ4v) is 3.77. The fraction of sp³-hybridized carbons (Fsp3) is 0.0769. The third-order valence-electron chi connectivity index (χ3n) is 2.73. The molecule has 0 saturated carbocycles. The number of para-hydroxylation sites is 1. The monoisotopic (exact) mass is 406 g/mol. The van der Waals surface area contributed by atoms with Gasteiger partial charge in [-0.1, -0.05) is 12.1 Å². The first-order chi connectivity index (χ1) is 9.31. The van der Waals surface area contributed by atoms with E-state index < -0.39 is 15.8 Å². The third kappa shape index (κ3) is 3.04. The highest BCUT2D eigenvalue weighted by Gasteiger charge is 2.20. The summed E-state index contributed by atoms with van der Waals surface area (Å²) in [5.41, 5.74) is 6.06. The quantitative estimate of drug-likeness (QED) is 0.608. The van der Waals surface area contributed by atoms with Gasteiger partial charge in [0.15, 0.2) is 0 Å². The van der Waals surface area contributed by atoms with Gasteiger partial charge in [-0.15, -0.1) is 0 Å². The summed E-state index contributed by atoms with van der Waals surface area (Å²) in [4.78, 5) is -0.158. The van der Waals surface area contributed by atoms with Crippen LogP contribution in [0.4, 0.5) is 15.8 Å². The number of anilines is 2. The Labute approximate surface area is 130 Å². The van der Waals surface area contributed by atoms with Crippen molar-refractivity contribution in [2.75, 3.05) is 10.5 Å². The lowest BCUT2D eigenvalue weighted by molar-refractivity contribution is 0.591. The molecule has 0 aliphatic carbocycles. The number of hydrogen-bond donors (Lipinski definition) is 2. The zero-order valence-corrected chi connectivity index (χ0v) is 13.5. The van der Waals surface area contributed by atoms with Crippen LogP contribution >= 0.6 is 22.6 Å². The molecule has 2 aromatic carbocycles. The van der Waals surface area contributed by atoms with Crippen LogP contribution in [0, 0.1) is 16.3 Å². The van der Waals surface area contributed by atoms with Crippen LogP contribution in [0.25, 0.3) is 0 Å². The lowest BCUT2D eigenvalue weighted by atomic mass is 10.2. The number of nitrogen functional groups attached to an aromatic ring is 1. The number of benzene rings is 2. The molecule has 0 unspecified atom stereocenters. The summed E-state index contributed by atoms with van der Waals surface area (Å²) in [6, 6.07) is 9.26. The molecule has 0 aromatic heterocycles. The minimum absolute atomic E-state index is 0.0395. The van der Waals surface area contributed by atoms with Crippen molar-refractivity contribution >= 4 is 44.0 Å². The average Bonchev–Trinajstić information content (AvgIpc) is 2.36. The summed E-state index contributed by atoms with van der Waals surface area (Å²) in [5, 5.41) is 0. The van der Waals surface area contributed by atoms with Gasteiger partial charge in [0.05, 0.1) is 10.6 Å². The molecule has 0 radical (unpaired) electrons. The molecule has 0 bridgehead atoms. The first kappa shape index (κ1) is 15.0. The van der Waals surface area contributed by atoms with Crippen molar-refractivity contribution in [1.29, 1.82) is 0 Å². The van der Waals surface area contributed by atoms with Gasteiger partial charge in [-0.3, -0.25) is 4.72 Å². The van der Waals surface area contributed by atoms with Gasteiger partial charge >= 0.3 is 0 Å². The normalized spacial score (nSPS) is 11.3. The second-order valence-electron chi connectivity index (χ2n) is 4.21. The highest BCUT2D eigenvalue weighted by Crippen LogP contribution is 2.26. The summed E-state index contributed by atoms with van der Waals surface area (Å²) in [5.74, 6) is -0.645. The van der Waals surface area contributed by atoms with Gasteiger partial charge in [0.2, 0.25) is 0 Å². The van der Waals surface area contributed by atoms with Crippen LogP contribution in [0.2, 0.25) is 0 Å². The molecular formula is C13H12FIN2O2S. The van der Waals surface area contributed by atoms with Crippen LogP contribution in [0.5, 0.6) is 0 Å². The first-order valence-electron chi connectivity index (χ1n) is 5.64. The Kier molecular flexibility index (Phi) is 4.19. The van der Waals surface area contributed by atoms with Crippen LogP contribution in [0.15, 0.2) is 41.3 Å². The minimum atomic E-state index is -3.89. The molecule has 0 saturated heterocycles. The standard InChI is InChI=1S/C13H12FIN2O2S/c1-8-10(14)6-9(16)7-13(8)20(18,19)17-12-5-3-2-4-11(12)15/h2-7,17H,16H2,1H3. The molecule has 2 aromatic rings. The maximum Gasteiger partial charge on any atom is 0.262 e.